The van der Waals surface area contributed by atoms with Gasteiger partial charge >= 0.3 is 5.97 Å². The molecular weight excluding hydrogens is 391 g/mol. The summed E-state index contributed by atoms with van der Waals surface area (Å²) in [7, 11) is 1.50. The molecule has 3 fully saturated rings. The van der Waals surface area contributed by atoms with E-state index in [-0.39, 0.29) is 17.6 Å². The minimum atomic E-state index is -0.539. The summed E-state index contributed by atoms with van der Waals surface area (Å²) in [5.41, 5.74) is 0. The second kappa shape index (κ2) is 10.4. The molecule has 0 N–H and O–H groups in total. The van der Waals surface area contributed by atoms with Gasteiger partial charge in [-0.15, -0.1) is 0 Å². The number of carbonyl (C=O) groups excluding carboxylic acids is 1. The van der Waals surface area contributed by atoms with E-state index in [2.05, 4.69) is 6.92 Å². The lowest BCUT2D eigenvalue weighted by atomic mass is 9.59. The average molecular weight is 431 g/mol. The molecule has 1 aromatic rings. The van der Waals surface area contributed by atoms with E-state index in [1.165, 1.54) is 77.0 Å². The van der Waals surface area contributed by atoms with Crippen LogP contribution in [-0.2, 0) is 4.79 Å². The van der Waals surface area contributed by atoms with Crippen molar-refractivity contribution in [3.8, 4) is 11.5 Å². The van der Waals surface area contributed by atoms with Gasteiger partial charge in [-0.05, 0) is 80.2 Å². The molecule has 3 saturated carbocycles. The monoisotopic (exact) mass is 430 g/mol. The molecule has 3 aliphatic carbocycles. The zero-order valence-corrected chi connectivity index (χ0v) is 19.3. The minimum Gasteiger partial charge on any atom is -0.497 e. The predicted molar refractivity (Wildman–Crippen MR) is 121 cm³/mol. The largest absolute Gasteiger partial charge is 0.497 e. The first-order valence-corrected chi connectivity index (χ1v) is 12.6. The lowest BCUT2D eigenvalue weighted by molar-refractivity contribution is -0.144. The van der Waals surface area contributed by atoms with Crippen LogP contribution in [0, 0.1) is 41.3 Å². The zero-order valence-electron chi connectivity index (χ0n) is 19.3. The van der Waals surface area contributed by atoms with Crippen LogP contribution in [0.3, 0.4) is 0 Å². The summed E-state index contributed by atoms with van der Waals surface area (Å²) in [5.74, 6) is 3.34. The molecule has 1 aromatic carbocycles. The van der Waals surface area contributed by atoms with E-state index in [4.69, 9.17) is 9.47 Å². The Labute approximate surface area is 187 Å². The minimum absolute atomic E-state index is 0.0189. The van der Waals surface area contributed by atoms with Gasteiger partial charge in [-0.2, -0.15) is 0 Å². The van der Waals surface area contributed by atoms with Crippen molar-refractivity contribution in [2.45, 2.75) is 84.0 Å². The quantitative estimate of drug-likeness (QED) is 0.354. The molecule has 3 aliphatic rings. The van der Waals surface area contributed by atoms with E-state index < -0.39 is 5.82 Å². The Morgan fingerprint density at radius 3 is 2.48 bits per heavy atom. The van der Waals surface area contributed by atoms with Crippen LogP contribution < -0.4 is 9.47 Å². The molecule has 0 amide bonds. The first-order valence-electron chi connectivity index (χ1n) is 12.6. The van der Waals surface area contributed by atoms with Gasteiger partial charge in [0.2, 0.25) is 0 Å². The molecule has 4 rings (SSSR count). The Morgan fingerprint density at radius 1 is 1.00 bits per heavy atom. The lowest BCUT2D eigenvalue weighted by Crippen LogP contribution is -2.40. The molecule has 3 nitrogen and oxygen atoms in total. The third-order valence-electron chi connectivity index (χ3n) is 8.60. The molecule has 4 heteroatoms. The van der Waals surface area contributed by atoms with Gasteiger partial charge in [0.05, 0.1) is 13.0 Å². The van der Waals surface area contributed by atoms with E-state index in [1.54, 1.807) is 6.07 Å². The molecule has 0 saturated heterocycles. The number of halogens is 1. The number of ether oxygens (including phenoxy) is 2. The molecular formula is C27H39FO3. The molecule has 0 radical (unpaired) electrons. The number of carbonyl (C=O) groups is 1. The summed E-state index contributed by atoms with van der Waals surface area (Å²) in [6.07, 6.45) is 15.3. The van der Waals surface area contributed by atoms with Gasteiger partial charge in [0, 0.05) is 6.07 Å². The Hall–Kier alpha value is -1.58. The van der Waals surface area contributed by atoms with Crippen molar-refractivity contribution in [1.82, 2.24) is 0 Å². The fraction of sp³-hybridized carbons (Fsp3) is 0.741. The van der Waals surface area contributed by atoms with Crippen molar-refractivity contribution in [2.24, 2.45) is 35.5 Å². The molecule has 31 heavy (non-hydrogen) atoms. The van der Waals surface area contributed by atoms with Crippen molar-refractivity contribution in [1.29, 1.82) is 0 Å². The van der Waals surface area contributed by atoms with Gasteiger partial charge in [-0.25, -0.2) is 4.39 Å². The van der Waals surface area contributed by atoms with Crippen LogP contribution >= 0.6 is 0 Å². The highest BCUT2D eigenvalue weighted by atomic mass is 19.1. The van der Waals surface area contributed by atoms with Crippen molar-refractivity contribution in [2.75, 3.05) is 7.11 Å². The van der Waals surface area contributed by atoms with Crippen molar-refractivity contribution < 1.29 is 18.7 Å². The number of methoxy groups -OCH3 is 1. The van der Waals surface area contributed by atoms with E-state index in [1.807, 2.05) is 0 Å². The van der Waals surface area contributed by atoms with Crippen LogP contribution in [0.15, 0.2) is 18.2 Å². The standard InChI is InChI=1S/C27H39FO3/c1-3-5-18-8-10-19(11-9-18)20-12-14-23-21(16-20)6-4-7-24(23)27(29)31-26-15-13-22(30-2)17-25(26)28/h13,15,17-21,23-24H,3-12,14,16H2,1-2H3. The molecule has 0 aromatic heterocycles. The van der Waals surface area contributed by atoms with Crippen molar-refractivity contribution in [3.05, 3.63) is 24.0 Å². The van der Waals surface area contributed by atoms with Crippen LogP contribution in [0.1, 0.15) is 84.0 Å². The van der Waals surface area contributed by atoms with Crippen LogP contribution in [0.2, 0.25) is 0 Å². The number of hydrogen-bond donors (Lipinski definition) is 0. The second-order valence-electron chi connectivity index (χ2n) is 10.3. The van der Waals surface area contributed by atoms with Gasteiger partial charge < -0.3 is 9.47 Å². The summed E-state index contributed by atoms with van der Waals surface area (Å²) in [4.78, 5) is 13.0. The molecule has 0 heterocycles. The SMILES string of the molecule is CCCC1CCC(C2CCC3C(CCCC3C(=O)Oc3ccc(OC)cc3F)C2)CC1. The topological polar surface area (TPSA) is 35.5 Å². The fourth-order valence-corrected chi connectivity index (χ4v) is 6.95. The van der Waals surface area contributed by atoms with E-state index in [0.717, 1.165) is 37.0 Å². The number of fused-ring (bicyclic) bond motifs is 1. The zero-order chi connectivity index (χ0) is 21.8. The maximum absolute atomic E-state index is 14.3. The average Bonchev–Trinajstić information content (AvgIpc) is 2.80. The smallest absolute Gasteiger partial charge is 0.314 e. The highest BCUT2D eigenvalue weighted by molar-refractivity contribution is 5.75. The Bertz CT molecular complexity index is 740. The summed E-state index contributed by atoms with van der Waals surface area (Å²) in [6.45, 7) is 2.31. The van der Waals surface area contributed by atoms with Gasteiger partial charge in [0.25, 0.3) is 0 Å². The third kappa shape index (κ3) is 5.26. The van der Waals surface area contributed by atoms with Crippen LogP contribution in [-0.4, -0.2) is 13.1 Å². The van der Waals surface area contributed by atoms with Crippen LogP contribution in [0.4, 0.5) is 4.39 Å². The maximum atomic E-state index is 14.3. The molecule has 0 aliphatic heterocycles. The van der Waals surface area contributed by atoms with Gasteiger partial charge in [-0.3, -0.25) is 4.79 Å². The van der Waals surface area contributed by atoms with E-state index >= 15 is 0 Å². The summed E-state index contributed by atoms with van der Waals surface area (Å²) in [6, 6.07) is 4.40. The third-order valence-corrected chi connectivity index (χ3v) is 8.60. The van der Waals surface area contributed by atoms with Crippen LogP contribution in [0.5, 0.6) is 11.5 Å². The second-order valence-corrected chi connectivity index (χ2v) is 10.3. The lowest BCUT2D eigenvalue weighted by Gasteiger charge is -2.46. The van der Waals surface area contributed by atoms with E-state index in [9.17, 15) is 9.18 Å². The van der Waals surface area contributed by atoms with Gasteiger partial charge in [0.15, 0.2) is 11.6 Å². The normalized spacial score (nSPS) is 33.4. The van der Waals surface area contributed by atoms with Gasteiger partial charge in [-0.1, -0.05) is 45.4 Å². The number of esters is 1. The molecule has 0 spiro atoms. The maximum Gasteiger partial charge on any atom is 0.314 e. The highest BCUT2D eigenvalue weighted by Gasteiger charge is 2.43. The number of benzene rings is 1. The fourth-order valence-electron chi connectivity index (χ4n) is 6.95. The Kier molecular flexibility index (Phi) is 7.55. The van der Waals surface area contributed by atoms with Crippen molar-refractivity contribution in [3.63, 3.8) is 0 Å². The predicted octanol–water partition coefficient (Wildman–Crippen LogP) is 7.18. The first kappa shape index (κ1) is 22.6. The summed E-state index contributed by atoms with van der Waals surface area (Å²) >= 11 is 0. The van der Waals surface area contributed by atoms with Crippen LogP contribution in [0.25, 0.3) is 0 Å². The number of rotatable bonds is 6. The molecule has 0 bridgehead atoms. The highest BCUT2D eigenvalue weighted by Crippen LogP contribution is 2.50. The molecule has 4 unspecified atom stereocenters. The Morgan fingerprint density at radius 2 is 1.77 bits per heavy atom. The van der Waals surface area contributed by atoms with Crippen molar-refractivity contribution >= 4 is 5.97 Å². The van der Waals surface area contributed by atoms with E-state index in [0.29, 0.717) is 17.6 Å². The molecule has 4 atom stereocenters. The summed E-state index contributed by atoms with van der Waals surface area (Å²) < 4.78 is 24.9. The molecule has 172 valence electrons. The Balaban J connectivity index is 1.34. The number of hydrogen-bond acceptors (Lipinski definition) is 3. The van der Waals surface area contributed by atoms with Gasteiger partial charge in [0.1, 0.15) is 5.75 Å². The first-order chi connectivity index (χ1) is 15.1. The summed E-state index contributed by atoms with van der Waals surface area (Å²) in [5, 5.41) is 0.